The molecule has 0 unspecified atom stereocenters. The van der Waals surface area contributed by atoms with Gasteiger partial charge < -0.3 is 9.84 Å². The van der Waals surface area contributed by atoms with Crippen molar-refractivity contribution >= 4 is 5.91 Å². The van der Waals surface area contributed by atoms with Crippen molar-refractivity contribution in [3.05, 3.63) is 17.5 Å². The van der Waals surface area contributed by atoms with Gasteiger partial charge in [-0.15, -0.1) is 0 Å². The molecule has 1 aliphatic rings. The van der Waals surface area contributed by atoms with Gasteiger partial charge in [-0.2, -0.15) is 5.26 Å². The lowest BCUT2D eigenvalue weighted by Crippen LogP contribution is -2.30. The highest BCUT2D eigenvalue weighted by Crippen LogP contribution is 2.44. The van der Waals surface area contributed by atoms with Gasteiger partial charge in [0.25, 0.3) is 0 Å². The first-order chi connectivity index (χ1) is 7.16. The second-order valence-electron chi connectivity index (χ2n) is 3.81. The molecule has 0 saturated heterocycles. The van der Waals surface area contributed by atoms with Gasteiger partial charge in [0, 0.05) is 6.07 Å². The molecule has 0 aromatic carbocycles. The maximum atomic E-state index is 11.5. The van der Waals surface area contributed by atoms with Crippen LogP contribution in [0.4, 0.5) is 0 Å². The third kappa shape index (κ3) is 1.84. The number of hydrogen-bond acceptors (Lipinski definition) is 4. The zero-order chi connectivity index (χ0) is 10.9. The molecular weight excluding hydrogens is 194 g/mol. The fourth-order valence-electron chi connectivity index (χ4n) is 1.35. The molecule has 1 aromatic rings. The molecule has 15 heavy (non-hydrogen) atoms. The Balaban J connectivity index is 1.89. The molecule has 1 heterocycles. The van der Waals surface area contributed by atoms with Crippen LogP contribution in [0.5, 0.6) is 0 Å². The van der Waals surface area contributed by atoms with Crippen molar-refractivity contribution in [1.29, 1.82) is 5.26 Å². The molecule has 1 amide bonds. The number of nitrogens with one attached hydrogen (secondary N) is 1. The van der Waals surface area contributed by atoms with Crippen LogP contribution < -0.4 is 5.32 Å². The fraction of sp³-hybridized carbons (Fsp3) is 0.500. The molecule has 0 atom stereocenters. The van der Waals surface area contributed by atoms with E-state index in [0.29, 0.717) is 25.1 Å². The molecule has 0 bridgehead atoms. The second-order valence-corrected chi connectivity index (χ2v) is 3.81. The first-order valence-corrected chi connectivity index (χ1v) is 4.78. The van der Waals surface area contributed by atoms with Crippen LogP contribution in [0.2, 0.25) is 0 Å². The molecule has 1 N–H and O–H groups in total. The van der Waals surface area contributed by atoms with Crippen LogP contribution >= 0.6 is 0 Å². The number of nitrogens with zero attached hydrogens (tertiary/aromatic N) is 2. The minimum absolute atomic E-state index is 0.209. The quantitative estimate of drug-likeness (QED) is 0.795. The van der Waals surface area contributed by atoms with Crippen molar-refractivity contribution in [2.75, 3.05) is 0 Å². The van der Waals surface area contributed by atoms with E-state index < -0.39 is 5.41 Å². The molecule has 0 spiro atoms. The van der Waals surface area contributed by atoms with E-state index >= 15 is 0 Å². The van der Waals surface area contributed by atoms with Crippen LogP contribution in [0.1, 0.15) is 24.3 Å². The monoisotopic (exact) mass is 205 g/mol. The summed E-state index contributed by atoms with van der Waals surface area (Å²) in [6, 6.07) is 3.79. The Bertz CT molecular complexity index is 426. The van der Waals surface area contributed by atoms with Crippen molar-refractivity contribution in [2.24, 2.45) is 5.41 Å². The van der Waals surface area contributed by atoms with E-state index in [1.54, 1.807) is 6.07 Å². The van der Waals surface area contributed by atoms with Crippen molar-refractivity contribution in [3.8, 4) is 6.07 Å². The van der Waals surface area contributed by atoms with E-state index in [2.05, 4.69) is 10.5 Å². The van der Waals surface area contributed by atoms with Crippen LogP contribution in [0.25, 0.3) is 0 Å². The molecular formula is C10H11N3O2. The van der Waals surface area contributed by atoms with E-state index in [1.807, 2.05) is 13.0 Å². The fourth-order valence-corrected chi connectivity index (χ4v) is 1.35. The number of hydrogen-bond donors (Lipinski definition) is 1. The lowest BCUT2D eigenvalue weighted by molar-refractivity contribution is -0.124. The minimum Gasteiger partial charge on any atom is -0.359 e. The third-order valence-corrected chi connectivity index (χ3v) is 2.50. The average molecular weight is 205 g/mol. The maximum Gasteiger partial charge on any atom is 0.240 e. The van der Waals surface area contributed by atoms with Crippen LogP contribution in [0.15, 0.2) is 10.6 Å². The highest BCUT2D eigenvalue weighted by atomic mass is 16.5. The van der Waals surface area contributed by atoms with Crippen molar-refractivity contribution in [1.82, 2.24) is 10.5 Å². The topological polar surface area (TPSA) is 78.9 Å². The van der Waals surface area contributed by atoms with Crippen molar-refractivity contribution in [2.45, 2.75) is 26.3 Å². The van der Waals surface area contributed by atoms with E-state index in [4.69, 9.17) is 9.78 Å². The molecule has 0 radical (unpaired) electrons. The predicted molar refractivity (Wildman–Crippen MR) is 50.4 cm³/mol. The summed E-state index contributed by atoms with van der Waals surface area (Å²) < 4.78 is 4.93. The van der Waals surface area contributed by atoms with Gasteiger partial charge in [-0.05, 0) is 19.8 Å². The van der Waals surface area contributed by atoms with E-state index in [-0.39, 0.29) is 5.91 Å². The summed E-state index contributed by atoms with van der Waals surface area (Å²) in [7, 11) is 0. The van der Waals surface area contributed by atoms with Crippen molar-refractivity contribution < 1.29 is 9.32 Å². The number of rotatable bonds is 3. The number of nitriles is 1. The number of aryl methyl sites for hydroxylation is 1. The number of amides is 1. The molecule has 1 aliphatic carbocycles. The predicted octanol–water partition coefficient (Wildman–Crippen LogP) is 0.903. The zero-order valence-corrected chi connectivity index (χ0v) is 8.41. The summed E-state index contributed by atoms with van der Waals surface area (Å²) in [5, 5.41) is 15.2. The SMILES string of the molecule is Cc1cc(CNC(=O)C2(C#N)CC2)on1. The van der Waals surface area contributed by atoms with Gasteiger partial charge in [-0.25, -0.2) is 0 Å². The summed E-state index contributed by atoms with van der Waals surface area (Å²) in [6.07, 6.45) is 1.32. The number of carbonyl (C=O) groups is 1. The standard InChI is InChI=1S/C10H11N3O2/c1-7-4-8(15-13-7)5-12-9(14)10(6-11)2-3-10/h4H,2-3,5H2,1H3,(H,12,14). The van der Waals surface area contributed by atoms with E-state index in [1.165, 1.54) is 0 Å². The van der Waals surface area contributed by atoms with Crippen LogP contribution in [-0.2, 0) is 11.3 Å². The van der Waals surface area contributed by atoms with Gasteiger partial charge in [-0.3, -0.25) is 4.79 Å². The van der Waals surface area contributed by atoms with Gasteiger partial charge >= 0.3 is 0 Å². The summed E-state index contributed by atoms with van der Waals surface area (Å²) in [4.78, 5) is 11.5. The summed E-state index contributed by atoms with van der Waals surface area (Å²) >= 11 is 0. The largest absolute Gasteiger partial charge is 0.359 e. The van der Waals surface area contributed by atoms with Gasteiger partial charge in [0.15, 0.2) is 5.76 Å². The highest BCUT2D eigenvalue weighted by molar-refractivity contribution is 5.88. The Morgan fingerprint density at radius 2 is 2.53 bits per heavy atom. The van der Waals surface area contributed by atoms with Crippen LogP contribution in [0.3, 0.4) is 0 Å². The molecule has 78 valence electrons. The first-order valence-electron chi connectivity index (χ1n) is 4.78. The minimum atomic E-state index is -0.769. The molecule has 1 aromatic heterocycles. The normalized spacial score (nSPS) is 16.8. The summed E-state index contributed by atoms with van der Waals surface area (Å²) in [6.45, 7) is 2.11. The summed E-state index contributed by atoms with van der Waals surface area (Å²) in [5.74, 6) is 0.397. The Hall–Kier alpha value is -1.83. The molecule has 5 heteroatoms. The second kappa shape index (κ2) is 3.39. The van der Waals surface area contributed by atoms with Crippen LogP contribution in [-0.4, -0.2) is 11.1 Å². The zero-order valence-electron chi connectivity index (χ0n) is 8.41. The Labute approximate surface area is 87.0 Å². The van der Waals surface area contributed by atoms with Crippen molar-refractivity contribution in [3.63, 3.8) is 0 Å². The maximum absolute atomic E-state index is 11.5. The Morgan fingerprint density at radius 3 is 3.00 bits per heavy atom. The van der Waals surface area contributed by atoms with Gasteiger partial charge in [-0.1, -0.05) is 5.16 Å². The smallest absolute Gasteiger partial charge is 0.240 e. The van der Waals surface area contributed by atoms with Gasteiger partial charge in [0.1, 0.15) is 5.41 Å². The first kappa shape index (κ1) is 9.71. The highest BCUT2D eigenvalue weighted by Gasteiger charge is 2.50. The molecule has 2 rings (SSSR count). The molecule has 1 fully saturated rings. The van der Waals surface area contributed by atoms with Crippen LogP contribution in [0, 0.1) is 23.7 Å². The lowest BCUT2D eigenvalue weighted by Gasteiger charge is -2.05. The molecule has 0 aliphatic heterocycles. The van der Waals surface area contributed by atoms with Gasteiger partial charge in [0.05, 0.1) is 18.3 Å². The Morgan fingerprint density at radius 1 is 1.80 bits per heavy atom. The Kier molecular flexibility index (Phi) is 2.19. The molecule has 1 saturated carbocycles. The third-order valence-electron chi connectivity index (χ3n) is 2.50. The van der Waals surface area contributed by atoms with E-state index in [9.17, 15) is 4.79 Å². The average Bonchev–Trinajstić information content (AvgIpc) is 2.93. The van der Waals surface area contributed by atoms with E-state index in [0.717, 1.165) is 5.69 Å². The molecule has 5 nitrogen and oxygen atoms in total. The summed E-state index contributed by atoms with van der Waals surface area (Å²) in [5.41, 5.74) is 0.00961. The van der Waals surface area contributed by atoms with Gasteiger partial charge in [0.2, 0.25) is 5.91 Å². The lowest BCUT2D eigenvalue weighted by atomic mass is 10.1. The number of aromatic nitrogens is 1. The number of carbonyl (C=O) groups excluding carboxylic acids is 1.